The summed E-state index contributed by atoms with van der Waals surface area (Å²) in [6.07, 6.45) is 2.03. The Labute approximate surface area is 152 Å². The summed E-state index contributed by atoms with van der Waals surface area (Å²) in [5, 5.41) is 8.20. The van der Waals surface area contributed by atoms with Crippen molar-refractivity contribution in [2.45, 2.75) is 25.8 Å². The van der Waals surface area contributed by atoms with Crippen LogP contribution in [-0.2, 0) is 4.79 Å². The molecule has 1 fully saturated rings. The van der Waals surface area contributed by atoms with Crippen molar-refractivity contribution in [3.05, 3.63) is 65.2 Å². The molecule has 6 nitrogen and oxygen atoms in total. The maximum Gasteiger partial charge on any atom is 0.251 e. The number of aryl methyl sites for hydroxylation is 1. The van der Waals surface area contributed by atoms with Crippen LogP contribution in [0.3, 0.4) is 0 Å². The third kappa shape index (κ3) is 4.69. The van der Waals surface area contributed by atoms with Crippen molar-refractivity contribution >= 4 is 23.4 Å². The van der Waals surface area contributed by atoms with Crippen LogP contribution in [0, 0.1) is 6.92 Å². The van der Waals surface area contributed by atoms with Crippen molar-refractivity contribution in [2.75, 3.05) is 11.9 Å². The molecule has 3 amide bonds. The molecule has 1 saturated carbocycles. The van der Waals surface area contributed by atoms with Gasteiger partial charge in [0.1, 0.15) is 0 Å². The highest BCUT2D eigenvalue weighted by molar-refractivity contribution is 6.01. The van der Waals surface area contributed by atoms with Crippen LogP contribution in [0.15, 0.2) is 48.5 Å². The fourth-order valence-corrected chi connectivity index (χ4v) is 2.52. The molecule has 0 aliphatic heterocycles. The summed E-state index contributed by atoms with van der Waals surface area (Å²) in [6, 6.07) is 14.2. The third-order valence-corrected chi connectivity index (χ3v) is 4.12. The number of benzene rings is 2. The van der Waals surface area contributed by atoms with Crippen molar-refractivity contribution in [3.63, 3.8) is 0 Å². The first-order chi connectivity index (χ1) is 12.5. The van der Waals surface area contributed by atoms with Crippen LogP contribution in [0.25, 0.3) is 0 Å². The van der Waals surface area contributed by atoms with Crippen molar-refractivity contribution < 1.29 is 14.4 Å². The Morgan fingerprint density at radius 1 is 1.00 bits per heavy atom. The van der Waals surface area contributed by atoms with E-state index in [1.165, 1.54) is 0 Å². The molecule has 3 rings (SSSR count). The first-order valence-corrected chi connectivity index (χ1v) is 8.57. The minimum Gasteiger partial charge on any atom is -0.349 e. The lowest BCUT2D eigenvalue weighted by Crippen LogP contribution is -2.33. The molecule has 1 aliphatic carbocycles. The fourth-order valence-electron chi connectivity index (χ4n) is 2.52. The largest absolute Gasteiger partial charge is 0.349 e. The molecule has 0 spiro atoms. The highest BCUT2D eigenvalue weighted by Crippen LogP contribution is 2.20. The average molecular weight is 351 g/mol. The summed E-state index contributed by atoms with van der Waals surface area (Å²) in [4.78, 5) is 36.3. The lowest BCUT2D eigenvalue weighted by molar-refractivity contribution is -0.115. The molecule has 6 heteroatoms. The summed E-state index contributed by atoms with van der Waals surface area (Å²) in [7, 11) is 0. The quantitative estimate of drug-likeness (QED) is 0.746. The molecule has 0 heterocycles. The van der Waals surface area contributed by atoms with Crippen molar-refractivity contribution in [1.29, 1.82) is 0 Å². The van der Waals surface area contributed by atoms with Crippen LogP contribution in [0.5, 0.6) is 0 Å². The van der Waals surface area contributed by atoms with E-state index in [1.807, 2.05) is 19.1 Å². The number of carbonyl (C=O) groups is 3. The maximum absolute atomic E-state index is 12.1. The molecule has 0 radical (unpaired) electrons. The zero-order valence-corrected chi connectivity index (χ0v) is 14.5. The van der Waals surface area contributed by atoms with Gasteiger partial charge in [0.05, 0.1) is 6.54 Å². The summed E-state index contributed by atoms with van der Waals surface area (Å²) >= 11 is 0. The molecule has 1 aliphatic rings. The monoisotopic (exact) mass is 351 g/mol. The van der Waals surface area contributed by atoms with E-state index < -0.39 is 0 Å². The Bertz CT molecular complexity index is 844. The van der Waals surface area contributed by atoms with Crippen LogP contribution < -0.4 is 16.0 Å². The molecule has 2 aromatic rings. The lowest BCUT2D eigenvalue weighted by atomic mass is 10.1. The number of amides is 3. The smallest absolute Gasteiger partial charge is 0.251 e. The Hall–Kier alpha value is -3.15. The number of hydrogen-bond acceptors (Lipinski definition) is 3. The Balaban J connectivity index is 1.54. The van der Waals surface area contributed by atoms with Gasteiger partial charge < -0.3 is 16.0 Å². The van der Waals surface area contributed by atoms with Gasteiger partial charge in [0.2, 0.25) is 5.91 Å². The molecule has 0 saturated heterocycles. The van der Waals surface area contributed by atoms with Gasteiger partial charge in [-0.15, -0.1) is 0 Å². The second-order valence-corrected chi connectivity index (χ2v) is 6.37. The van der Waals surface area contributed by atoms with E-state index in [-0.39, 0.29) is 30.3 Å². The van der Waals surface area contributed by atoms with Gasteiger partial charge in [0.25, 0.3) is 11.8 Å². The summed E-state index contributed by atoms with van der Waals surface area (Å²) < 4.78 is 0. The second kappa shape index (κ2) is 7.82. The van der Waals surface area contributed by atoms with Gasteiger partial charge in [0.15, 0.2) is 0 Å². The highest BCUT2D eigenvalue weighted by atomic mass is 16.2. The number of carbonyl (C=O) groups excluding carboxylic acids is 3. The minimum atomic E-state index is -0.355. The predicted octanol–water partition coefficient (Wildman–Crippen LogP) is 2.26. The van der Waals surface area contributed by atoms with Crippen molar-refractivity contribution in [1.82, 2.24) is 10.6 Å². The first kappa shape index (κ1) is 17.7. The molecule has 3 N–H and O–H groups in total. The molecule has 0 atom stereocenters. The SMILES string of the molecule is Cc1ccccc1C(=O)NCC(=O)Nc1cccc(C(=O)NC2CC2)c1. The van der Waals surface area contributed by atoms with Crippen LogP contribution in [0.4, 0.5) is 5.69 Å². The van der Waals surface area contributed by atoms with Gasteiger partial charge in [-0.25, -0.2) is 0 Å². The Morgan fingerprint density at radius 3 is 2.50 bits per heavy atom. The maximum atomic E-state index is 12.1. The highest BCUT2D eigenvalue weighted by Gasteiger charge is 2.23. The summed E-state index contributed by atoms with van der Waals surface area (Å²) in [6.45, 7) is 1.69. The van der Waals surface area contributed by atoms with E-state index in [0.717, 1.165) is 18.4 Å². The van der Waals surface area contributed by atoms with Gasteiger partial charge in [0, 0.05) is 22.9 Å². The molecule has 2 aromatic carbocycles. The minimum absolute atomic E-state index is 0.142. The average Bonchev–Trinajstić information content (AvgIpc) is 3.44. The van der Waals surface area contributed by atoms with E-state index in [4.69, 9.17) is 0 Å². The fraction of sp³-hybridized carbons (Fsp3) is 0.250. The topological polar surface area (TPSA) is 87.3 Å². The molecular weight excluding hydrogens is 330 g/mol. The van der Waals surface area contributed by atoms with E-state index in [2.05, 4.69) is 16.0 Å². The zero-order chi connectivity index (χ0) is 18.5. The number of nitrogens with one attached hydrogen (secondary N) is 3. The van der Waals surface area contributed by atoms with Gasteiger partial charge in [-0.3, -0.25) is 14.4 Å². The third-order valence-electron chi connectivity index (χ3n) is 4.12. The molecule has 0 aromatic heterocycles. The Morgan fingerprint density at radius 2 is 1.77 bits per heavy atom. The van der Waals surface area contributed by atoms with Crippen molar-refractivity contribution in [2.24, 2.45) is 0 Å². The predicted molar refractivity (Wildman–Crippen MR) is 99.1 cm³/mol. The Kier molecular flexibility index (Phi) is 5.31. The van der Waals surface area contributed by atoms with Crippen LogP contribution in [0.2, 0.25) is 0 Å². The standard InChI is InChI=1S/C20H21N3O3/c1-13-5-2-3-8-17(13)20(26)21-12-18(24)22-16-7-4-6-14(11-16)19(25)23-15-9-10-15/h2-8,11,15H,9-10,12H2,1H3,(H,21,26)(H,22,24)(H,23,25). The van der Waals surface area contributed by atoms with Crippen LogP contribution in [0.1, 0.15) is 39.1 Å². The molecule has 0 bridgehead atoms. The van der Waals surface area contributed by atoms with Gasteiger partial charge in [-0.05, 0) is 49.6 Å². The normalized spacial score (nSPS) is 13.0. The second-order valence-electron chi connectivity index (χ2n) is 6.37. The van der Waals surface area contributed by atoms with Crippen molar-refractivity contribution in [3.8, 4) is 0 Å². The molecule has 26 heavy (non-hydrogen) atoms. The lowest BCUT2D eigenvalue weighted by Gasteiger charge is -2.09. The van der Waals surface area contributed by atoms with E-state index in [0.29, 0.717) is 16.8 Å². The van der Waals surface area contributed by atoms with E-state index in [9.17, 15) is 14.4 Å². The summed E-state index contributed by atoms with van der Waals surface area (Å²) in [5.41, 5.74) is 2.40. The molecule has 0 unspecified atom stereocenters. The van der Waals surface area contributed by atoms with Gasteiger partial charge in [-0.2, -0.15) is 0 Å². The zero-order valence-electron chi connectivity index (χ0n) is 14.5. The van der Waals surface area contributed by atoms with Crippen LogP contribution >= 0.6 is 0 Å². The van der Waals surface area contributed by atoms with Gasteiger partial charge >= 0.3 is 0 Å². The molecular formula is C20H21N3O3. The number of hydrogen-bond donors (Lipinski definition) is 3. The van der Waals surface area contributed by atoms with E-state index >= 15 is 0 Å². The number of anilines is 1. The van der Waals surface area contributed by atoms with E-state index in [1.54, 1.807) is 36.4 Å². The van der Waals surface area contributed by atoms with Gasteiger partial charge in [-0.1, -0.05) is 24.3 Å². The molecule has 134 valence electrons. The number of rotatable bonds is 6. The van der Waals surface area contributed by atoms with Crippen LogP contribution in [-0.4, -0.2) is 30.3 Å². The first-order valence-electron chi connectivity index (χ1n) is 8.57. The summed E-state index contributed by atoms with van der Waals surface area (Å²) in [5.74, 6) is -0.793.